The fourth-order valence-electron chi connectivity index (χ4n) is 1.93. The van der Waals surface area contributed by atoms with Crippen LogP contribution in [0.5, 0.6) is 0 Å². The van der Waals surface area contributed by atoms with Gasteiger partial charge in [0.1, 0.15) is 5.54 Å². The fourth-order valence-corrected chi connectivity index (χ4v) is 4.87. The third-order valence-electron chi connectivity index (χ3n) is 2.91. The van der Waals surface area contributed by atoms with Crippen LogP contribution in [0, 0.1) is 11.3 Å². The van der Waals surface area contributed by atoms with Gasteiger partial charge in [0.15, 0.2) is 8.68 Å². The first kappa shape index (κ1) is 15.1. The highest BCUT2D eigenvalue weighted by Gasteiger charge is 2.34. The van der Waals surface area contributed by atoms with Gasteiger partial charge >= 0.3 is 0 Å². The monoisotopic (exact) mass is 314 g/mol. The minimum atomic E-state index is -0.430. The van der Waals surface area contributed by atoms with Gasteiger partial charge in [-0.1, -0.05) is 41.8 Å². The van der Waals surface area contributed by atoms with Crippen molar-refractivity contribution in [1.29, 1.82) is 5.26 Å². The van der Waals surface area contributed by atoms with Gasteiger partial charge in [0.25, 0.3) is 0 Å². The smallest absolute Gasteiger partial charge is 0.175 e. The van der Waals surface area contributed by atoms with E-state index in [-0.39, 0.29) is 0 Å². The van der Waals surface area contributed by atoms with Crippen molar-refractivity contribution in [3.63, 3.8) is 0 Å². The van der Waals surface area contributed by atoms with Crippen molar-refractivity contribution in [2.45, 2.75) is 58.6 Å². The van der Waals surface area contributed by atoms with Crippen molar-refractivity contribution in [3.05, 3.63) is 0 Å². The molecule has 0 aliphatic heterocycles. The molecule has 1 saturated carbocycles. The molecule has 104 valence electrons. The number of nitriles is 1. The molecule has 1 aromatic heterocycles. The van der Waals surface area contributed by atoms with Gasteiger partial charge < -0.3 is 0 Å². The topological polar surface area (TPSA) is 61.6 Å². The minimum absolute atomic E-state index is 0.346. The van der Waals surface area contributed by atoms with Crippen LogP contribution in [0.4, 0.5) is 0 Å². The van der Waals surface area contributed by atoms with E-state index in [4.69, 9.17) is 0 Å². The van der Waals surface area contributed by atoms with E-state index >= 15 is 0 Å². The molecule has 2 rings (SSSR count). The Morgan fingerprint density at radius 1 is 1.53 bits per heavy atom. The Morgan fingerprint density at radius 2 is 2.21 bits per heavy atom. The molecule has 0 spiro atoms. The molecule has 1 heterocycles. The molecule has 4 nitrogen and oxygen atoms in total. The molecule has 0 amide bonds. The summed E-state index contributed by atoms with van der Waals surface area (Å²) in [4.78, 5) is 0. The summed E-state index contributed by atoms with van der Waals surface area (Å²) in [7, 11) is 0. The molecule has 0 bridgehead atoms. The summed E-state index contributed by atoms with van der Waals surface area (Å²) in [6, 6.07) is 2.97. The van der Waals surface area contributed by atoms with Gasteiger partial charge in [-0.2, -0.15) is 5.26 Å². The summed E-state index contributed by atoms with van der Waals surface area (Å²) >= 11 is 4.95. The summed E-state index contributed by atoms with van der Waals surface area (Å²) in [5.41, 5.74) is -0.430. The predicted molar refractivity (Wildman–Crippen MR) is 81.8 cm³/mol. The van der Waals surface area contributed by atoms with Crippen LogP contribution < -0.4 is 5.32 Å². The van der Waals surface area contributed by atoms with Gasteiger partial charge in [0, 0.05) is 11.3 Å². The summed E-state index contributed by atoms with van der Waals surface area (Å²) < 4.78 is 1.98. The highest BCUT2D eigenvalue weighted by atomic mass is 32.2. The van der Waals surface area contributed by atoms with Crippen LogP contribution in [-0.4, -0.2) is 33.3 Å². The zero-order valence-electron chi connectivity index (χ0n) is 11.3. The van der Waals surface area contributed by atoms with E-state index in [2.05, 4.69) is 28.5 Å². The van der Waals surface area contributed by atoms with E-state index in [1.807, 2.05) is 13.2 Å². The van der Waals surface area contributed by atoms with E-state index in [0.717, 1.165) is 15.1 Å². The van der Waals surface area contributed by atoms with E-state index in [0.29, 0.717) is 11.3 Å². The van der Waals surface area contributed by atoms with Crippen molar-refractivity contribution < 1.29 is 0 Å². The Balaban J connectivity index is 1.88. The maximum absolute atomic E-state index is 9.37. The first-order valence-electron chi connectivity index (χ1n) is 6.28. The lowest BCUT2D eigenvalue weighted by Crippen LogP contribution is -2.44. The molecule has 0 saturated heterocycles. The standard InChI is InChI=1S/C12H18N4S3/c1-8(18-11-16-15-10(17-3)19-11)6-12(2,7-13)14-9-4-5-9/h8-9,14H,4-6H2,1-3H3. The van der Waals surface area contributed by atoms with E-state index in [9.17, 15) is 5.26 Å². The Kier molecular flexibility index (Phi) is 5.12. The first-order valence-corrected chi connectivity index (χ1v) is 9.20. The number of nitrogens with zero attached hydrogens (tertiary/aromatic N) is 3. The number of nitrogens with one attached hydrogen (secondary N) is 1. The normalized spacial score (nSPS) is 19.7. The maximum atomic E-state index is 9.37. The number of rotatable bonds is 7. The second-order valence-corrected chi connectivity index (χ2v) is 8.75. The van der Waals surface area contributed by atoms with Crippen LogP contribution in [0.3, 0.4) is 0 Å². The molecule has 0 radical (unpaired) electrons. The summed E-state index contributed by atoms with van der Waals surface area (Å²) in [5.74, 6) is 0. The third kappa shape index (κ3) is 4.63. The molecular formula is C12H18N4S3. The minimum Gasteiger partial charge on any atom is -0.297 e. The van der Waals surface area contributed by atoms with Gasteiger partial charge in [-0.05, 0) is 32.4 Å². The van der Waals surface area contributed by atoms with Crippen LogP contribution in [0.25, 0.3) is 0 Å². The quantitative estimate of drug-likeness (QED) is 0.780. The Morgan fingerprint density at radius 3 is 2.74 bits per heavy atom. The van der Waals surface area contributed by atoms with Gasteiger partial charge in [-0.15, -0.1) is 10.2 Å². The second-order valence-electron chi connectivity index (χ2n) is 5.03. The molecular weight excluding hydrogens is 296 g/mol. The zero-order valence-corrected chi connectivity index (χ0v) is 13.8. The van der Waals surface area contributed by atoms with Crippen molar-refractivity contribution in [2.24, 2.45) is 0 Å². The molecule has 1 fully saturated rings. The van der Waals surface area contributed by atoms with Crippen LogP contribution >= 0.6 is 34.9 Å². The molecule has 1 aliphatic rings. The van der Waals surface area contributed by atoms with E-state index in [1.54, 1.807) is 34.9 Å². The maximum Gasteiger partial charge on any atom is 0.175 e. The lowest BCUT2D eigenvalue weighted by molar-refractivity contribution is 0.414. The highest BCUT2D eigenvalue weighted by Crippen LogP contribution is 2.34. The van der Waals surface area contributed by atoms with Crippen molar-refractivity contribution in [2.75, 3.05) is 6.26 Å². The fraction of sp³-hybridized carbons (Fsp3) is 0.750. The molecule has 0 aromatic carbocycles. The SMILES string of the molecule is CSc1nnc(SC(C)CC(C)(C#N)NC2CC2)s1. The Bertz CT molecular complexity index is 466. The Labute approximate surface area is 126 Å². The summed E-state index contributed by atoms with van der Waals surface area (Å²) in [6.45, 7) is 4.14. The largest absolute Gasteiger partial charge is 0.297 e. The molecule has 7 heteroatoms. The van der Waals surface area contributed by atoms with Gasteiger partial charge in [0.05, 0.1) is 6.07 Å². The van der Waals surface area contributed by atoms with E-state index < -0.39 is 5.54 Å². The zero-order chi connectivity index (χ0) is 13.9. The molecule has 1 aliphatic carbocycles. The average Bonchev–Trinajstić information content (AvgIpc) is 3.05. The lowest BCUT2D eigenvalue weighted by atomic mass is 9.98. The van der Waals surface area contributed by atoms with Crippen molar-refractivity contribution >= 4 is 34.9 Å². The molecule has 2 atom stereocenters. The van der Waals surface area contributed by atoms with Gasteiger partial charge in [-0.25, -0.2) is 0 Å². The lowest BCUT2D eigenvalue weighted by Gasteiger charge is -2.25. The number of thioether (sulfide) groups is 2. The van der Waals surface area contributed by atoms with Crippen molar-refractivity contribution in [1.82, 2.24) is 15.5 Å². The first-order chi connectivity index (χ1) is 9.04. The molecule has 2 unspecified atom stereocenters. The molecule has 19 heavy (non-hydrogen) atoms. The summed E-state index contributed by atoms with van der Waals surface area (Å²) in [5, 5.41) is 21.4. The average molecular weight is 315 g/mol. The molecule has 1 N–H and O–H groups in total. The third-order valence-corrected chi connectivity index (χ3v) is 5.99. The van der Waals surface area contributed by atoms with Gasteiger partial charge in [-0.3, -0.25) is 5.32 Å². The van der Waals surface area contributed by atoms with Crippen molar-refractivity contribution in [3.8, 4) is 6.07 Å². The second kappa shape index (κ2) is 6.44. The van der Waals surface area contributed by atoms with Crippen LogP contribution in [0.1, 0.15) is 33.1 Å². The molecule has 1 aromatic rings. The number of hydrogen-bond acceptors (Lipinski definition) is 7. The highest BCUT2D eigenvalue weighted by molar-refractivity contribution is 8.03. The van der Waals surface area contributed by atoms with Crippen LogP contribution in [0.15, 0.2) is 8.68 Å². The Hall–Kier alpha value is -0.290. The van der Waals surface area contributed by atoms with Crippen LogP contribution in [0.2, 0.25) is 0 Å². The van der Waals surface area contributed by atoms with Crippen LogP contribution in [-0.2, 0) is 0 Å². The van der Waals surface area contributed by atoms with E-state index in [1.165, 1.54) is 12.8 Å². The predicted octanol–water partition coefficient (Wildman–Crippen LogP) is 3.16. The summed E-state index contributed by atoms with van der Waals surface area (Å²) in [6.07, 6.45) is 5.22. The number of hydrogen-bond donors (Lipinski definition) is 1. The number of aromatic nitrogens is 2. The van der Waals surface area contributed by atoms with Gasteiger partial charge in [0.2, 0.25) is 0 Å².